The van der Waals surface area contributed by atoms with E-state index in [0.717, 1.165) is 42.8 Å². The Kier molecular flexibility index (Phi) is 9.14. The third-order valence-corrected chi connectivity index (χ3v) is 6.14. The molecule has 2 fully saturated rings. The van der Waals surface area contributed by atoms with Gasteiger partial charge in [0, 0.05) is 24.7 Å². The van der Waals surface area contributed by atoms with Gasteiger partial charge in [-0.3, -0.25) is 4.79 Å². The highest BCUT2D eigenvalue weighted by Gasteiger charge is 2.38. The zero-order chi connectivity index (χ0) is 25.4. The summed E-state index contributed by atoms with van der Waals surface area (Å²) in [6.45, 7) is 6.90. The Bertz CT molecular complexity index is 989. The van der Waals surface area contributed by atoms with E-state index in [-0.39, 0.29) is 5.91 Å². The molecule has 0 aliphatic carbocycles. The van der Waals surface area contributed by atoms with Gasteiger partial charge in [0.05, 0.1) is 0 Å². The Labute approximate surface area is 203 Å². The van der Waals surface area contributed by atoms with Crippen molar-refractivity contribution in [1.29, 1.82) is 0 Å². The lowest BCUT2D eigenvalue weighted by Gasteiger charge is -2.28. The number of ether oxygens (including phenoxy) is 1. The molecule has 0 aromatic heterocycles. The molecule has 2 heterocycles. The first kappa shape index (κ1) is 26.5. The molecular formula is C26H31F3N2O4. The summed E-state index contributed by atoms with van der Waals surface area (Å²) in [6.07, 6.45) is -0.253. The van der Waals surface area contributed by atoms with E-state index in [1.807, 2.05) is 30.3 Å². The normalized spacial score (nSPS) is 18.2. The minimum absolute atomic E-state index is 0.159. The molecule has 2 aliphatic rings. The van der Waals surface area contributed by atoms with Crippen molar-refractivity contribution < 1.29 is 32.6 Å². The molecule has 0 radical (unpaired) electrons. The van der Waals surface area contributed by atoms with Crippen molar-refractivity contribution in [2.45, 2.75) is 51.4 Å². The number of halogens is 3. The predicted molar refractivity (Wildman–Crippen MR) is 125 cm³/mol. The number of rotatable bonds is 6. The van der Waals surface area contributed by atoms with E-state index < -0.39 is 12.1 Å². The maximum atomic E-state index is 13.0. The van der Waals surface area contributed by atoms with Crippen LogP contribution in [0.5, 0.6) is 5.75 Å². The van der Waals surface area contributed by atoms with Gasteiger partial charge in [0.2, 0.25) is 0 Å². The van der Waals surface area contributed by atoms with E-state index in [1.165, 1.54) is 31.5 Å². The molecule has 2 saturated heterocycles. The topological polar surface area (TPSA) is 70.1 Å². The van der Waals surface area contributed by atoms with Crippen molar-refractivity contribution in [3.05, 3.63) is 65.2 Å². The number of aryl methyl sites for hydroxylation is 1. The Morgan fingerprint density at radius 1 is 1.03 bits per heavy atom. The van der Waals surface area contributed by atoms with Crippen LogP contribution in [-0.2, 0) is 11.4 Å². The second kappa shape index (κ2) is 12.1. The number of carboxylic acids is 1. The molecule has 0 bridgehead atoms. The number of benzene rings is 2. The van der Waals surface area contributed by atoms with Gasteiger partial charge in [-0.25, -0.2) is 4.79 Å². The average molecular weight is 493 g/mol. The molecule has 2 aromatic carbocycles. The molecule has 190 valence electrons. The number of hydrogen-bond donors (Lipinski definition) is 1. The van der Waals surface area contributed by atoms with Crippen LogP contribution in [0.25, 0.3) is 0 Å². The Morgan fingerprint density at radius 3 is 2.29 bits per heavy atom. The first-order chi connectivity index (χ1) is 16.6. The van der Waals surface area contributed by atoms with Gasteiger partial charge < -0.3 is 19.6 Å². The smallest absolute Gasteiger partial charge is 0.489 e. The number of nitrogens with zero attached hydrogens (tertiary/aromatic N) is 2. The maximum absolute atomic E-state index is 13.0. The van der Waals surface area contributed by atoms with Gasteiger partial charge in [-0.05, 0) is 75.5 Å². The number of likely N-dealkylation sites (tertiary alicyclic amines) is 2. The first-order valence-electron chi connectivity index (χ1n) is 11.8. The third kappa shape index (κ3) is 7.99. The third-order valence-electron chi connectivity index (χ3n) is 6.14. The van der Waals surface area contributed by atoms with Crippen molar-refractivity contribution in [2.75, 3.05) is 26.2 Å². The highest BCUT2D eigenvalue weighted by atomic mass is 19.4. The SMILES string of the molecule is Cc1cccc(COc2ccc(C(=O)N3CCCC3CN3CCCC3)cc2)c1.O=C(O)C(F)(F)F. The predicted octanol–water partition coefficient (Wildman–Crippen LogP) is 4.91. The van der Waals surface area contributed by atoms with Crippen LogP contribution in [0, 0.1) is 6.92 Å². The number of carbonyl (C=O) groups excluding carboxylic acids is 1. The molecule has 2 aromatic rings. The van der Waals surface area contributed by atoms with Gasteiger partial charge in [0.15, 0.2) is 0 Å². The van der Waals surface area contributed by atoms with Gasteiger partial charge in [-0.1, -0.05) is 29.8 Å². The summed E-state index contributed by atoms with van der Waals surface area (Å²) >= 11 is 0. The summed E-state index contributed by atoms with van der Waals surface area (Å²) in [5, 5.41) is 7.12. The minimum atomic E-state index is -5.08. The molecule has 1 atom stereocenters. The van der Waals surface area contributed by atoms with E-state index in [2.05, 4.69) is 34.9 Å². The van der Waals surface area contributed by atoms with Crippen LogP contribution >= 0.6 is 0 Å². The van der Waals surface area contributed by atoms with E-state index >= 15 is 0 Å². The zero-order valence-electron chi connectivity index (χ0n) is 19.8. The molecule has 4 rings (SSSR count). The van der Waals surface area contributed by atoms with Crippen LogP contribution in [0.15, 0.2) is 48.5 Å². The van der Waals surface area contributed by atoms with E-state index in [4.69, 9.17) is 14.6 Å². The van der Waals surface area contributed by atoms with Crippen LogP contribution in [0.2, 0.25) is 0 Å². The van der Waals surface area contributed by atoms with Crippen molar-refractivity contribution in [3.8, 4) is 5.75 Å². The van der Waals surface area contributed by atoms with E-state index in [0.29, 0.717) is 12.6 Å². The van der Waals surface area contributed by atoms with Crippen molar-refractivity contribution in [3.63, 3.8) is 0 Å². The molecule has 6 nitrogen and oxygen atoms in total. The lowest BCUT2D eigenvalue weighted by molar-refractivity contribution is -0.192. The highest BCUT2D eigenvalue weighted by Crippen LogP contribution is 2.24. The molecule has 1 N–H and O–H groups in total. The number of alkyl halides is 3. The van der Waals surface area contributed by atoms with Gasteiger partial charge in [-0.15, -0.1) is 0 Å². The molecule has 0 saturated carbocycles. The second-order valence-corrected chi connectivity index (χ2v) is 8.91. The van der Waals surface area contributed by atoms with Crippen LogP contribution in [0.1, 0.15) is 47.2 Å². The standard InChI is InChI=1S/C24H30N2O2.C2HF3O2/c1-19-6-4-7-20(16-19)18-28-23-11-9-21(10-12-23)24(27)26-15-5-8-22(26)17-25-13-2-3-14-25;3-2(4,5)1(6)7/h4,6-7,9-12,16,22H,2-3,5,8,13-15,17-18H2,1H3;(H,6,7). The second-order valence-electron chi connectivity index (χ2n) is 8.91. The first-order valence-corrected chi connectivity index (χ1v) is 11.8. The number of aliphatic carboxylic acids is 1. The highest BCUT2D eigenvalue weighted by molar-refractivity contribution is 5.94. The van der Waals surface area contributed by atoms with Gasteiger partial charge in [0.25, 0.3) is 5.91 Å². The summed E-state index contributed by atoms with van der Waals surface area (Å²) in [6, 6.07) is 16.3. The Hall–Kier alpha value is -3.07. The average Bonchev–Trinajstić information content (AvgIpc) is 3.50. The van der Waals surface area contributed by atoms with Crippen molar-refractivity contribution >= 4 is 11.9 Å². The van der Waals surface area contributed by atoms with Crippen LogP contribution < -0.4 is 4.74 Å². The fraction of sp³-hybridized carbons (Fsp3) is 0.462. The van der Waals surface area contributed by atoms with E-state index in [1.54, 1.807) is 0 Å². The summed E-state index contributed by atoms with van der Waals surface area (Å²) in [5.74, 6) is -1.80. The molecule has 1 amide bonds. The zero-order valence-corrected chi connectivity index (χ0v) is 19.8. The van der Waals surface area contributed by atoms with Gasteiger partial charge in [-0.2, -0.15) is 13.2 Å². The van der Waals surface area contributed by atoms with E-state index in [9.17, 15) is 18.0 Å². The molecule has 0 spiro atoms. The van der Waals surface area contributed by atoms with Gasteiger partial charge in [0.1, 0.15) is 12.4 Å². The molecule has 2 aliphatic heterocycles. The largest absolute Gasteiger partial charge is 0.490 e. The van der Waals surface area contributed by atoms with Crippen molar-refractivity contribution in [1.82, 2.24) is 9.80 Å². The van der Waals surface area contributed by atoms with Crippen LogP contribution in [0.3, 0.4) is 0 Å². The minimum Gasteiger partial charge on any atom is -0.489 e. The Balaban J connectivity index is 0.000000429. The molecule has 9 heteroatoms. The van der Waals surface area contributed by atoms with Crippen molar-refractivity contribution in [2.24, 2.45) is 0 Å². The lowest BCUT2D eigenvalue weighted by atomic mass is 10.1. The number of hydrogen-bond acceptors (Lipinski definition) is 4. The molecule has 1 unspecified atom stereocenters. The van der Waals surface area contributed by atoms with Crippen LogP contribution in [-0.4, -0.2) is 65.2 Å². The summed E-state index contributed by atoms with van der Waals surface area (Å²) in [4.78, 5) is 26.5. The fourth-order valence-electron chi connectivity index (χ4n) is 4.38. The number of carboxylic acid groups (broad SMARTS) is 1. The number of amides is 1. The van der Waals surface area contributed by atoms with Gasteiger partial charge >= 0.3 is 12.1 Å². The lowest BCUT2D eigenvalue weighted by Crippen LogP contribution is -2.42. The Morgan fingerprint density at radius 2 is 1.69 bits per heavy atom. The number of carbonyl (C=O) groups is 2. The fourth-order valence-corrected chi connectivity index (χ4v) is 4.38. The summed E-state index contributed by atoms with van der Waals surface area (Å²) < 4.78 is 37.6. The summed E-state index contributed by atoms with van der Waals surface area (Å²) in [5.41, 5.74) is 3.15. The van der Waals surface area contributed by atoms with Crippen LogP contribution in [0.4, 0.5) is 13.2 Å². The molecular weight excluding hydrogens is 461 g/mol. The quantitative estimate of drug-likeness (QED) is 0.621. The summed E-state index contributed by atoms with van der Waals surface area (Å²) in [7, 11) is 0. The molecule has 35 heavy (non-hydrogen) atoms. The maximum Gasteiger partial charge on any atom is 0.490 e. The monoisotopic (exact) mass is 492 g/mol.